The highest BCUT2D eigenvalue weighted by molar-refractivity contribution is 5.99. The average molecular weight is 414 g/mol. The predicted molar refractivity (Wildman–Crippen MR) is 116 cm³/mol. The third-order valence-corrected chi connectivity index (χ3v) is 8.67. The second-order valence-electron chi connectivity index (χ2n) is 10.3. The molecule has 4 rings (SSSR count). The molecule has 0 bridgehead atoms. The number of allylic oxidation sites excluding steroid dienone is 3. The zero-order valence-corrected chi connectivity index (χ0v) is 19.0. The number of nitrogens with zero attached hydrogens (tertiary/aromatic N) is 1. The van der Waals surface area contributed by atoms with E-state index in [-0.39, 0.29) is 28.9 Å². The van der Waals surface area contributed by atoms with Crippen LogP contribution < -0.4 is 0 Å². The number of carbonyl (C=O) groups excluding carboxylic acids is 2. The molecule has 30 heavy (non-hydrogen) atoms. The first-order valence-corrected chi connectivity index (χ1v) is 11.4. The maximum absolute atomic E-state index is 11.4. The second-order valence-corrected chi connectivity index (χ2v) is 10.3. The van der Waals surface area contributed by atoms with Crippen molar-refractivity contribution in [1.82, 2.24) is 0 Å². The maximum Gasteiger partial charge on any atom is 0.331 e. The summed E-state index contributed by atoms with van der Waals surface area (Å²) >= 11 is 0. The van der Waals surface area contributed by atoms with Gasteiger partial charge in [-0.05, 0) is 79.6 Å². The number of hydrogen-bond acceptors (Lipinski definition) is 5. The summed E-state index contributed by atoms with van der Waals surface area (Å²) in [5.41, 5.74) is 3.96. The molecule has 0 aromatic carbocycles. The van der Waals surface area contributed by atoms with Crippen molar-refractivity contribution >= 4 is 17.7 Å². The van der Waals surface area contributed by atoms with Gasteiger partial charge in [0, 0.05) is 20.3 Å². The molecule has 0 saturated heterocycles. The van der Waals surface area contributed by atoms with E-state index in [1.54, 1.807) is 0 Å². The predicted octanol–water partition coefficient (Wildman–Crippen LogP) is 5.36. The van der Waals surface area contributed by atoms with Gasteiger partial charge in [0.1, 0.15) is 6.10 Å². The van der Waals surface area contributed by atoms with Gasteiger partial charge in [-0.3, -0.25) is 4.79 Å². The van der Waals surface area contributed by atoms with Crippen molar-refractivity contribution in [2.24, 2.45) is 33.7 Å². The van der Waals surface area contributed by atoms with E-state index in [0.717, 1.165) is 44.2 Å². The monoisotopic (exact) mass is 413 g/mol. The summed E-state index contributed by atoms with van der Waals surface area (Å²) in [5.74, 6) is 1.42. The third kappa shape index (κ3) is 3.44. The molecule has 6 atom stereocenters. The summed E-state index contributed by atoms with van der Waals surface area (Å²) < 4.78 is 5.55. The van der Waals surface area contributed by atoms with E-state index in [0.29, 0.717) is 17.8 Å². The van der Waals surface area contributed by atoms with Crippen LogP contribution in [-0.4, -0.2) is 23.8 Å². The third-order valence-electron chi connectivity index (χ3n) is 8.67. The number of rotatable bonds is 3. The Bertz CT molecular complexity index is 840. The molecule has 2 fully saturated rings. The maximum atomic E-state index is 11.4. The average Bonchev–Trinajstić information content (AvgIpc) is 3.03. The number of ether oxygens (including phenoxy) is 1. The first-order valence-electron chi connectivity index (χ1n) is 11.4. The van der Waals surface area contributed by atoms with Crippen LogP contribution in [0.15, 0.2) is 28.5 Å². The number of fused-ring (bicyclic) bond motifs is 5. The van der Waals surface area contributed by atoms with Crippen molar-refractivity contribution in [2.45, 2.75) is 85.7 Å². The van der Waals surface area contributed by atoms with Crippen LogP contribution in [0.3, 0.4) is 0 Å². The fourth-order valence-corrected chi connectivity index (χ4v) is 7.27. The van der Waals surface area contributed by atoms with Gasteiger partial charge in [0.15, 0.2) is 0 Å². The fourth-order valence-electron chi connectivity index (χ4n) is 7.27. The molecule has 0 amide bonds. The molecule has 0 spiro atoms. The molecule has 0 aliphatic heterocycles. The molecule has 4 aliphatic carbocycles. The molecule has 0 aromatic heterocycles. The molecule has 0 aromatic rings. The van der Waals surface area contributed by atoms with Crippen LogP contribution >= 0.6 is 0 Å². The van der Waals surface area contributed by atoms with Gasteiger partial charge in [0.05, 0.1) is 5.71 Å². The summed E-state index contributed by atoms with van der Waals surface area (Å²) in [6.45, 7) is 9.71. The van der Waals surface area contributed by atoms with Crippen LogP contribution in [0.25, 0.3) is 0 Å². The van der Waals surface area contributed by atoms with Crippen LogP contribution in [0.4, 0.5) is 0 Å². The van der Waals surface area contributed by atoms with Gasteiger partial charge in [0.25, 0.3) is 0 Å². The Morgan fingerprint density at radius 3 is 2.40 bits per heavy atom. The number of carbonyl (C=O) groups is 2. The lowest BCUT2D eigenvalue weighted by Gasteiger charge is -2.57. The lowest BCUT2D eigenvalue weighted by atomic mass is 9.47. The fraction of sp³-hybridized carbons (Fsp3) is 0.720. The molecule has 5 heteroatoms. The topological polar surface area (TPSA) is 65.0 Å². The molecule has 164 valence electrons. The van der Waals surface area contributed by atoms with Crippen molar-refractivity contribution in [3.8, 4) is 0 Å². The van der Waals surface area contributed by atoms with Crippen LogP contribution in [-0.2, 0) is 19.2 Å². The Balaban J connectivity index is 1.55. The smallest absolute Gasteiger partial charge is 0.331 e. The summed E-state index contributed by atoms with van der Waals surface area (Å²) in [4.78, 5) is 27.5. The lowest BCUT2D eigenvalue weighted by Crippen LogP contribution is -2.50. The van der Waals surface area contributed by atoms with Crippen molar-refractivity contribution in [3.63, 3.8) is 0 Å². The van der Waals surface area contributed by atoms with Crippen molar-refractivity contribution in [1.29, 1.82) is 0 Å². The van der Waals surface area contributed by atoms with Gasteiger partial charge in [-0.25, -0.2) is 4.79 Å². The highest BCUT2D eigenvalue weighted by Gasteiger charge is 2.57. The SMILES string of the molecule is CC(=O)ON=C(C)C1=CC[C@H]2[C@@H]3CC=C4C[C@@H](OC(C)=O)CC[C@]4(C)[C@H]3CC[C@]12C. The zero-order chi connectivity index (χ0) is 21.7. The van der Waals surface area contributed by atoms with Crippen LogP contribution in [0.5, 0.6) is 0 Å². The summed E-state index contributed by atoms with van der Waals surface area (Å²) in [6, 6.07) is 0. The second kappa shape index (κ2) is 7.65. The summed E-state index contributed by atoms with van der Waals surface area (Å²) in [7, 11) is 0. The summed E-state index contributed by atoms with van der Waals surface area (Å²) in [6.07, 6.45) is 12.4. The Morgan fingerprint density at radius 2 is 1.70 bits per heavy atom. The van der Waals surface area contributed by atoms with Gasteiger partial charge in [-0.2, -0.15) is 0 Å². The Kier molecular flexibility index (Phi) is 5.44. The Morgan fingerprint density at radius 1 is 0.967 bits per heavy atom. The van der Waals surface area contributed by atoms with Gasteiger partial charge >= 0.3 is 11.9 Å². The number of esters is 1. The quantitative estimate of drug-likeness (QED) is 0.205. The van der Waals surface area contributed by atoms with E-state index < -0.39 is 0 Å². The Labute approximate surface area is 179 Å². The highest BCUT2D eigenvalue weighted by Crippen LogP contribution is 2.65. The molecule has 2 saturated carbocycles. The number of hydrogen-bond donors (Lipinski definition) is 0. The van der Waals surface area contributed by atoms with E-state index in [2.05, 4.69) is 31.2 Å². The van der Waals surface area contributed by atoms with E-state index in [1.807, 2.05) is 6.92 Å². The van der Waals surface area contributed by atoms with Gasteiger partial charge < -0.3 is 9.57 Å². The highest BCUT2D eigenvalue weighted by atomic mass is 16.7. The van der Waals surface area contributed by atoms with Crippen molar-refractivity contribution in [2.75, 3.05) is 0 Å². The van der Waals surface area contributed by atoms with Crippen molar-refractivity contribution in [3.05, 3.63) is 23.3 Å². The molecular formula is C25H35NO4. The molecule has 4 aliphatic rings. The number of oxime groups is 1. The molecule has 0 heterocycles. The lowest BCUT2D eigenvalue weighted by molar-refractivity contribution is -0.148. The first-order chi connectivity index (χ1) is 14.1. The standard InChI is InChI=1S/C25H35NO4/c1-15(26-30-17(3)28)21-8-9-22-20-7-6-18-14-19(29-16(2)27)10-12-24(18,4)23(20)11-13-25(21,22)5/h6,8,19-20,22-23H,7,9-14H2,1-5H3/t19-,20-,22-,23-,24-,25+/m0/s1. The normalized spacial score (nSPS) is 40.4. The van der Waals surface area contributed by atoms with Crippen molar-refractivity contribution < 1.29 is 19.2 Å². The van der Waals surface area contributed by atoms with Crippen LogP contribution in [0.1, 0.15) is 79.6 Å². The van der Waals surface area contributed by atoms with E-state index in [4.69, 9.17) is 9.57 Å². The minimum absolute atomic E-state index is 0.0483. The molecule has 5 nitrogen and oxygen atoms in total. The molecule has 0 unspecified atom stereocenters. The minimum atomic E-state index is -0.374. The Hall–Kier alpha value is -1.91. The summed E-state index contributed by atoms with van der Waals surface area (Å²) in [5, 5.41) is 4.10. The van der Waals surface area contributed by atoms with Gasteiger partial charge in [-0.1, -0.05) is 36.7 Å². The molecule has 0 N–H and O–H groups in total. The van der Waals surface area contributed by atoms with E-state index in [1.165, 1.54) is 31.4 Å². The van der Waals surface area contributed by atoms with E-state index in [9.17, 15) is 9.59 Å². The van der Waals surface area contributed by atoms with Gasteiger partial charge in [-0.15, -0.1) is 0 Å². The van der Waals surface area contributed by atoms with Gasteiger partial charge in [0.2, 0.25) is 0 Å². The largest absolute Gasteiger partial charge is 0.462 e. The van der Waals surface area contributed by atoms with Crippen LogP contribution in [0, 0.1) is 28.6 Å². The first kappa shape index (κ1) is 21.3. The molecule has 0 radical (unpaired) electrons. The van der Waals surface area contributed by atoms with E-state index >= 15 is 0 Å². The molecular weight excluding hydrogens is 378 g/mol. The van der Waals surface area contributed by atoms with Crippen LogP contribution in [0.2, 0.25) is 0 Å². The minimum Gasteiger partial charge on any atom is -0.462 e. The zero-order valence-electron chi connectivity index (χ0n) is 19.0.